The van der Waals surface area contributed by atoms with E-state index in [9.17, 15) is 13.6 Å². The molecule has 0 saturated heterocycles. The molecule has 0 spiro atoms. The van der Waals surface area contributed by atoms with Crippen molar-refractivity contribution in [2.24, 2.45) is 0 Å². The van der Waals surface area contributed by atoms with Gasteiger partial charge in [-0.3, -0.25) is 4.79 Å². The molecule has 0 fully saturated rings. The lowest BCUT2D eigenvalue weighted by Gasteiger charge is -2.10. The topological polar surface area (TPSA) is 17.1 Å². The van der Waals surface area contributed by atoms with Crippen molar-refractivity contribution < 1.29 is 13.6 Å². The summed E-state index contributed by atoms with van der Waals surface area (Å²) in [5.41, 5.74) is 0.734. The quantitative estimate of drug-likeness (QED) is 0.598. The summed E-state index contributed by atoms with van der Waals surface area (Å²) in [6, 6.07) is 4.44. The standard InChI is InChI=1S/C11H11BrF2O/c1-2-10(15)7-4-3-5-8(11(13)14)9(7)6-12/h3-5,11H,2,6H2,1H3. The van der Waals surface area contributed by atoms with E-state index in [1.54, 1.807) is 13.0 Å². The molecule has 1 aromatic rings. The molecule has 0 heterocycles. The van der Waals surface area contributed by atoms with Gasteiger partial charge in [0.2, 0.25) is 0 Å². The smallest absolute Gasteiger partial charge is 0.264 e. The third-order valence-electron chi connectivity index (χ3n) is 2.20. The van der Waals surface area contributed by atoms with Gasteiger partial charge >= 0.3 is 0 Å². The van der Waals surface area contributed by atoms with E-state index in [4.69, 9.17) is 0 Å². The second kappa shape index (κ2) is 5.35. The fraction of sp³-hybridized carbons (Fsp3) is 0.364. The van der Waals surface area contributed by atoms with E-state index >= 15 is 0 Å². The molecule has 0 aromatic heterocycles. The van der Waals surface area contributed by atoms with Crippen LogP contribution >= 0.6 is 15.9 Å². The van der Waals surface area contributed by atoms with Gasteiger partial charge in [0.15, 0.2) is 5.78 Å². The molecule has 0 amide bonds. The Balaban J connectivity index is 3.28. The predicted molar refractivity (Wildman–Crippen MR) is 58.7 cm³/mol. The molecule has 4 heteroatoms. The molecule has 1 aromatic carbocycles. The fourth-order valence-corrected chi connectivity index (χ4v) is 2.04. The Morgan fingerprint density at radius 3 is 2.60 bits per heavy atom. The summed E-state index contributed by atoms with van der Waals surface area (Å²) in [7, 11) is 0. The molecule has 1 nitrogen and oxygen atoms in total. The lowest BCUT2D eigenvalue weighted by molar-refractivity contribution is 0.0987. The van der Waals surface area contributed by atoms with Gasteiger partial charge in [-0.15, -0.1) is 0 Å². The average molecular weight is 277 g/mol. The Bertz CT molecular complexity index is 364. The van der Waals surface area contributed by atoms with Gasteiger partial charge < -0.3 is 0 Å². The molecular weight excluding hydrogens is 266 g/mol. The second-order valence-electron chi connectivity index (χ2n) is 3.08. The molecule has 0 aliphatic heterocycles. The second-order valence-corrected chi connectivity index (χ2v) is 3.65. The number of rotatable bonds is 4. The van der Waals surface area contributed by atoms with Crippen molar-refractivity contribution in [3.8, 4) is 0 Å². The summed E-state index contributed by atoms with van der Waals surface area (Å²) in [5.74, 6) is -0.105. The highest BCUT2D eigenvalue weighted by Gasteiger charge is 2.17. The number of ketones is 1. The normalized spacial score (nSPS) is 10.7. The Labute approximate surface area is 95.6 Å². The predicted octanol–water partition coefficient (Wildman–Crippen LogP) is 4.11. The summed E-state index contributed by atoms with van der Waals surface area (Å²) in [5, 5.41) is 0.272. The Hall–Kier alpha value is -0.770. The van der Waals surface area contributed by atoms with Crippen LogP contribution in [0.4, 0.5) is 8.78 Å². The van der Waals surface area contributed by atoms with Crippen LogP contribution in [0.15, 0.2) is 18.2 Å². The summed E-state index contributed by atoms with van der Waals surface area (Å²) in [6.07, 6.45) is -2.21. The van der Waals surface area contributed by atoms with Gasteiger partial charge in [-0.05, 0) is 5.56 Å². The number of halogens is 3. The molecule has 1 rings (SSSR count). The highest BCUT2D eigenvalue weighted by atomic mass is 79.9. The average Bonchev–Trinajstić information content (AvgIpc) is 2.26. The Morgan fingerprint density at radius 2 is 2.13 bits per heavy atom. The van der Waals surface area contributed by atoms with Crippen molar-refractivity contribution in [3.63, 3.8) is 0 Å². The highest BCUT2D eigenvalue weighted by Crippen LogP contribution is 2.27. The summed E-state index contributed by atoms with van der Waals surface area (Å²) < 4.78 is 25.3. The lowest BCUT2D eigenvalue weighted by Crippen LogP contribution is -2.04. The maximum absolute atomic E-state index is 12.6. The van der Waals surface area contributed by atoms with Crippen molar-refractivity contribution in [1.29, 1.82) is 0 Å². The molecule has 0 N–H and O–H groups in total. The first kappa shape index (κ1) is 12.3. The maximum atomic E-state index is 12.6. The van der Waals surface area contributed by atoms with Crippen LogP contribution < -0.4 is 0 Å². The van der Waals surface area contributed by atoms with Crippen LogP contribution in [0, 0.1) is 0 Å². The van der Waals surface area contributed by atoms with Crippen molar-refractivity contribution in [2.75, 3.05) is 0 Å². The molecule has 15 heavy (non-hydrogen) atoms. The molecule has 0 radical (unpaired) electrons. The summed E-state index contributed by atoms with van der Waals surface area (Å²) in [6.45, 7) is 1.72. The van der Waals surface area contributed by atoms with E-state index in [-0.39, 0.29) is 16.7 Å². The van der Waals surface area contributed by atoms with Gasteiger partial charge in [0.1, 0.15) is 0 Å². The molecule has 0 aliphatic carbocycles. The zero-order valence-corrected chi connectivity index (χ0v) is 9.85. The van der Waals surface area contributed by atoms with Crippen LogP contribution in [0.5, 0.6) is 0 Å². The fourth-order valence-electron chi connectivity index (χ4n) is 1.41. The van der Waals surface area contributed by atoms with E-state index in [0.717, 1.165) is 0 Å². The molecule has 0 unspecified atom stereocenters. The Kier molecular flexibility index (Phi) is 4.39. The maximum Gasteiger partial charge on any atom is 0.264 e. The van der Waals surface area contributed by atoms with Crippen molar-refractivity contribution in [1.82, 2.24) is 0 Å². The first-order valence-corrected chi connectivity index (χ1v) is 5.73. The zero-order valence-electron chi connectivity index (χ0n) is 8.27. The van der Waals surface area contributed by atoms with Gasteiger partial charge in [0.05, 0.1) is 0 Å². The minimum atomic E-state index is -2.54. The van der Waals surface area contributed by atoms with E-state index < -0.39 is 6.43 Å². The lowest BCUT2D eigenvalue weighted by atomic mass is 9.98. The third-order valence-corrected chi connectivity index (χ3v) is 2.76. The van der Waals surface area contributed by atoms with Crippen LogP contribution in [0.2, 0.25) is 0 Å². The molecule has 0 aliphatic rings. The van der Waals surface area contributed by atoms with Crippen LogP contribution in [0.25, 0.3) is 0 Å². The van der Waals surface area contributed by atoms with E-state index in [0.29, 0.717) is 17.5 Å². The first-order valence-electron chi connectivity index (χ1n) is 4.60. The summed E-state index contributed by atoms with van der Waals surface area (Å²) in [4.78, 5) is 11.5. The largest absolute Gasteiger partial charge is 0.294 e. The van der Waals surface area contributed by atoms with Crippen molar-refractivity contribution in [2.45, 2.75) is 25.1 Å². The van der Waals surface area contributed by atoms with Gasteiger partial charge in [-0.1, -0.05) is 41.1 Å². The van der Waals surface area contributed by atoms with Gasteiger partial charge in [-0.2, -0.15) is 0 Å². The number of carbonyl (C=O) groups excluding carboxylic acids is 1. The van der Waals surface area contributed by atoms with Crippen LogP contribution in [0.1, 0.15) is 41.3 Å². The van der Waals surface area contributed by atoms with Crippen LogP contribution in [-0.2, 0) is 5.33 Å². The molecular formula is C11H11BrF2O. The Morgan fingerprint density at radius 1 is 1.47 bits per heavy atom. The molecule has 0 saturated carbocycles. The number of carbonyl (C=O) groups is 1. The van der Waals surface area contributed by atoms with Crippen LogP contribution in [-0.4, -0.2) is 5.78 Å². The number of hydrogen-bond donors (Lipinski definition) is 0. The highest BCUT2D eigenvalue weighted by molar-refractivity contribution is 9.08. The molecule has 0 bridgehead atoms. The molecule has 82 valence electrons. The van der Waals surface area contributed by atoms with E-state index in [1.807, 2.05) is 0 Å². The van der Waals surface area contributed by atoms with E-state index in [2.05, 4.69) is 15.9 Å². The number of hydrogen-bond acceptors (Lipinski definition) is 1. The zero-order chi connectivity index (χ0) is 11.4. The van der Waals surface area contributed by atoms with E-state index in [1.165, 1.54) is 12.1 Å². The van der Waals surface area contributed by atoms with Gasteiger partial charge in [0.25, 0.3) is 6.43 Å². The number of benzene rings is 1. The SMILES string of the molecule is CCC(=O)c1cccc(C(F)F)c1CBr. The van der Waals surface area contributed by atoms with Gasteiger partial charge in [0, 0.05) is 22.9 Å². The van der Waals surface area contributed by atoms with Crippen molar-refractivity contribution in [3.05, 3.63) is 34.9 Å². The third kappa shape index (κ3) is 2.62. The first-order chi connectivity index (χ1) is 7.11. The van der Waals surface area contributed by atoms with Gasteiger partial charge in [-0.25, -0.2) is 8.78 Å². The van der Waals surface area contributed by atoms with Crippen molar-refractivity contribution >= 4 is 21.7 Å². The minimum absolute atomic E-state index is 0.0637. The number of alkyl halides is 3. The van der Waals surface area contributed by atoms with Crippen LogP contribution in [0.3, 0.4) is 0 Å². The molecule has 0 atom stereocenters. The number of Topliss-reactive ketones (excluding diaryl/α,β-unsaturated/α-hetero) is 1. The minimum Gasteiger partial charge on any atom is -0.294 e. The summed E-state index contributed by atoms with van der Waals surface area (Å²) >= 11 is 3.14. The monoisotopic (exact) mass is 276 g/mol.